The van der Waals surface area contributed by atoms with Crippen molar-refractivity contribution in [3.63, 3.8) is 0 Å². The number of halogens is 1. The summed E-state index contributed by atoms with van der Waals surface area (Å²) < 4.78 is 36.8. The van der Waals surface area contributed by atoms with Crippen molar-refractivity contribution in [3.05, 3.63) is 83.1 Å². The second-order valence-corrected chi connectivity index (χ2v) is 9.25. The molecule has 5 rings (SSSR count). The molecule has 0 saturated carbocycles. The number of nitrogens with zero attached hydrogens (tertiary/aromatic N) is 2. The summed E-state index contributed by atoms with van der Waals surface area (Å²) in [5.41, 5.74) is 0.768. The Labute approximate surface area is 214 Å². The molecule has 9 heteroatoms. The smallest absolute Gasteiger partial charge is 0.257 e. The van der Waals surface area contributed by atoms with E-state index in [0.29, 0.717) is 23.9 Å². The number of hydrogen-bond acceptors (Lipinski definition) is 6. The van der Waals surface area contributed by atoms with Crippen LogP contribution in [0.5, 0.6) is 11.5 Å². The normalized spacial score (nSPS) is 16.1. The van der Waals surface area contributed by atoms with Crippen LogP contribution in [0.4, 0.5) is 4.39 Å². The van der Waals surface area contributed by atoms with Gasteiger partial charge in [0.05, 0.1) is 18.2 Å². The molecule has 8 nitrogen and oxygen atoms in total. The topological polar surface area (TPSA) is 81.5 Å². The van der Waals surface area contributed by atoms with Crippen molar-refractivity contribution < 1.29 is 32.6 Å². The number of furan rings is 1. The molecule has 0 aliphatic carbocycles. The molecule has 2 aliphatic heterocycles. The minimum absolute atomic E-state index is 0.0720. The second-order valence-electron chi connectivity index (χ2n) is 9.25. The fourth-order valence-electron chi connectivity index (χ4n) is 4.57. The molecule has 37 heavy (non-hydrogen) atoms. The third-order valence-corrected chi connectivity index (χ3v) is 6.47. The molecule has 2 amide bonds. The number of aryl methyl sites for hydroxylation is 1. The van der Waals surface area contributed by atoms with E-state index in [2.05, 4.69) is 0 Å². The van der Waals surface area contributed by atoms with Crippen molar-refractivity contribution in [3.8, 4) is 11.5 Å². The van der Waals surface area contributed by atoms with Crippen molar-refractivity contribution in [2.75, 3.05) is 26.5 Å². The predicted octanol–water partition coefficient (Wildman–Crippen LogP) is 4.31. The summed E-state index contributed by atoms with van der Waals surface area (Å²) in [5.74, 6) is 1.17. The fourth-order valence-corrected chi connectivity index (χ4v) is 4.57. The molecule has 1 atom stereocenters. The summed E-state index contributed by atoms with van der Waals surface area (Å²) in [5, 5.41) is 0. The van der Waals surface area contributed by atoms with E-state index in [9.17, 15) is 14.0 Å². The van der Waals surface area contributed by atoms with Crippen molar-refractivity contribution in [1.29, 1.82) is 0 Å². The van der Waals surface area contributed by atoms with E-state index < -0.39 is 11.7 Å². The molecule has 1 aromatic heterocycles. The maximum Gasteiger partial charge on any atom is 0.257 e. The number of fused-ring (bicyclic) bond motifs is 1. The van der Waals surface area contributed by atoms with E-state index in [1.165, 1.54) is 23.1 Å². The number of benzene rings is 2. The Hall–Kier alpha value is -3.85. The van der Waals surface area contributed by atoms with Gasteiger partial charge in [0.2, 0.25) is 12.7 Å². The Kier molecular flexibility index (Phi) is 7.41. The van der Waals surface area contributed by atoms with E-state index in [4.69, 9.17) is 18.6 Å². The molecular formula is C28H29FN2O6. The minimum atomic E-state index is -0.624. The molecule has 3 aromatic rings. The Morgan fingerprint density at radius 1 is 1.00 bits per heavy atom. The summed E-state index contributed by atoms with van der Waals surface area (Å²) in [7, 11) is 0. The van der Waals surface area contributed by atoms with Gasteiger partial charge in [-0.1, -0.05) is 18.2 Å². The van der Waals surface area contributed by atoms with Gasteiger partial charge in [-0.05, 0) is 61.7 Å². The first-order valence-corrected chi connectivity index (χ1v) is 12.3. The Bertz CT molecular complexity index is 1270. The Morgan fingerprint density at radius 3 is 2.59 bits per heavy atom. The maximum atomic E-state index is 14.5. The number of carbonyl (C=O) groups excluding carboxylic acids is 2. The highest BCUT2D eigenvalue weighted by Crippen LogP contribution is 2.33. The van der Waals surface area contributed by atoms with Gasteiger partial charge in [-0.25, -0.2) is 4.39 Å². The molecule has 0 N–H and O–H groups in total. The number of amides is 2. The van der Waals surface area contributed by atoms with E-state index in [-0.39, 0.29) is 50.5 Å². The molecule has 0 spiro atoms. The zero-order valence-electron chi connectivity index (χ0n) is 20.7. The Balaban J connectivity index is 1.38. The first-order chi connectivity index (χ1) is 18.0. The summed E-state index contributed by atoms with van der Waals surface area (Å²) in [4.78, 5) is 30.1. The van der Waals surface area contributed by atoms with Gasteiger partial charge in [0.15, 0.2) is 11.5 Å². The maximum absolute atomic E-state index is 14.5. The minimum Gasteiger partial charge on any atom is -0.464 e. The molecule has 1 saturated heterocycles. The van der Waals surface area contributed by atoms with Crippen LogP contribution in [0.3, 0.4) is 0 Å². The van der Waals surface area contributed by atoms with Gasteiger partial charge in [0.1, 0.15) is 23.9 Å². The highest BCUT2D eigenvalue weighted by atomic mass is 19.1. The molecule has 3 heterocycles. The zero-order valence-corrected chi connectivity index (χ0v) is 20.7. The molecule has 1 fully saturated rings. The first kappa shape index (κ1) is 24.8. The van der Waals surface area contributed by atoms with Crippen LogP contribution >= 0.6 is 0 Å². The number of carbonyl (C=O) groups is 2. The van der Waals surface area contributed by atoms with E-state index >= 15 is 0 Å². The van der Waals surface area contributed by atoms with E-state index in [1.54, 1.807) is 11.0 Å². The van der Waals surface area contributed by atoms with Gasteiger partial charge >= 0.3 is 0 Å². The first-order valence-electron chi connectivity index (χ1n) is 12.3. The standard InChI is InChI=1S/C28H29FN2O6/c1-19-8-10-22(37-19)16-30(14-20-9-11-25-26(13-20)36-18-35-25)27(32)17-31(15-21-5-4-12-34-21)28(33)23-6-2-3-7-24(23)29/h2-3,6-11,13,21H,4-5,12,14-18H2,1H3. The van der Waals surface area contributed by atoms with Gasteiger partial charge < -0.3 is 28.4 Å². The number of hydrogen-bond donors (Lipinski definition) is 0. The van der Waals surface area contributed by atoms with Crippen LogP contribution in [-0.2, 0) is 22.6 Å². The van der Waals surface area contributed by atoms with Crippen LogP contribution in [0, 0.1) is 12.7 Å². The van der Waals surface area contributed by atoms with Crippen LogP contribution in [-0.4, -0.2) is 54.2 Å². The van der Waals surface area contributed by atoms with Crippen molar-refractivity contribution >= 4 is 11.8 Å². The molecule has 0 bridgehead atoms. The second kappa shape index (κ2) is 11.0. The molecule has 1 unspecified atom stereocenters. The van der Waals surface area contributed by atoms with Crippen molar-refractivity contribution in [1.82, 2.24) is 9.80 Å². The highest BCUT2D eigenvalue weighted by molar-refractivity contribution is 5.96. The van der Waals surface area contributed by atoms with Crippen molar-refractivity contribution in [2.24, 2.45) is 0 Å². The molecule has 0 radical (unpaired) electrons. The van der Waals surface area contributed by atoms with Crippen LogP contribution in [0.2, 0.25) is 0 Å². The summed E-state index contributed by atoms with van der Waals surface area (Å²) in [6.45, 7) is 3.05. The van der Waals surface area contributed by atoms with Gasteiger partial charge in [0.25, 0.3) is 5.91 Å². The lowest BCUT2D eigenvalue weighted by Gasteiger charge is -2.29. The lowest BCUT2D eigenvalue weighted by molar-refractivity contribution is -0.133. The van der Waals surface area contributed by atoms with Crippen LogP contribution < -0.4 is 9.47 Å². The van der Waals surface area contributed by atoms with Gasteiger partial charge in [-0.2, -0.15) is 0 Å². The number of rotatable bonds is 9. The third-order valence-electron chi connectivity index (χ3n) is 6.47. The largest absolute Gasteiger partial charge is 0.464 e. The Morgan fingerprint density at radius 2 is 1.84 bits per heavy atom. The van der Waals surface area contributed by atoms with Gasteiger partial charge in [-0.15, -0.1) is 0 Å². The van der Waals surface area contributed by atoms with Crippen LogP contribution in [0.25, 0.3) is 0 Å². The van der Waals surface area contributed by atoms with Crippen molar-refractivity contribution in [2.45, 2.75) is 39.0 Å². The van der Waals surface area contributed by atoms with Crippen LogP contribution in [0.1, 0.15) is 40.3 Å². The molecule has 2 aliphatic rings. The van der Waals surface area contributed by atoms with Gasteiger partial charge in [-0.3, -0.25) is 9.59 Å². The van der Waals surface area contributed by atoms with Gasteiger partial charge in [0, 0.05) is 19.7 Å². The lowest BCUT2D eigenvalue weighted by Crippen LogP contribution is -2.45. The quantitative estimate of drug-likeness (QED) is 0.429. The zero-order chi connectivity index (χ0) is 25.8. The average molecular weight is 509 g/mol. The fraction of sp³-hybridized carbons (Fsp3) is 0.357. The third kappa shape index (κ3) is 5.94. The monoisotopic (exact) mass is 508 g/mol. The molecular weight excluding hydrogens is 479 g/mol. The summed E-state index contributed by atoms with van der Waals surface area (Å²) in [6, 6.07) is 15.0. The summed E-state index contributed by atoms with van der Waals surface area (Å²) in [6.07, 6.45) is 1.47. The lowest BCUT2D eigenvalue weighted by atomic mass is 10.1. The average Bonchev–Trinajstić information content (AvgIpc) is 3.65. The predicted molar refractivity (Wildman–Crippen MR) is 132 cm³/mol. The molecule has 194 valence electrons. The van der Waals surface area contributed by atoms with E-state index in [0.717, 1.165) is 24.2 Å². The SMILES string of the molecule is Cc1ccc(CN(Cc2ccc3c(c2)OCO3)C(=O)CN(CC2CCCO2)C(=O)c2ccccc2F)o1. The van der Waals surface area contributed by atoms with E-state index in [1.807, 2.05) is 37.3 Å². The van der Waals surface area contributed by atoms with Crippen LogP contribution in [0.15, 0.2) is 59.0 Å². The molecule has 2 aromatic carbocycles. The highest BCUT2D eigenvalue weighted by Gasteiger charge is 2.29. The number of ether oxygens (including phenoxy) is 3. The summed E-state index contributed by atoms with van der Waals surface area (Å²) >= 11 is 0.